The molecular weight excluding hydrogens is 264 g/mol. The predicted octanol–water partition coefficient (Wildman–Crippen LogP) is 2.20. The van der Waals surface area contributed by atoms with E-state index >= 15 is 0 Å². The van der Waals surface area contributed by atoms with Crippen LogP contribution < -0.4 is 5.73 Å². The number of carboxylic acids is 1. The number of rotatable bonds is 3. The van der Waals surface area contributed by atoms with Crippen LogP contribution in [-0.2, 0) is 4.79 Å². The molecule has 114 valence electrons. The third-order valence-corrected chi connectivity index (χ3v) is 5.24. The van der Waals surface area contributed by atoms with Gasteiger partial charge in [-0.05, 0) is 50.1 Å². The molecule has 2 fully saturated rings. The van der Waals surface area contributed by atoms with Crippen molar-refractivity contribution in [3.05, 3.63) is 35.9 Å². The zero-order valence-corrected chi connectivity index (χ0v) is 12.4. The second-order valence-electron chi connectivity index (χ2n) is 6.58. The molecule has 1 saturated carbocycles. The predicted molar refractivity (Wildman–Crippen MR) is 82.2 cm³/mol. The summed E-state index contributed by atoms with van der Waals surface area (Å²) in [5, 5.41) is 9.27. The number of hydrogen-bond acceptors (Lipinski definition) is 3. The van der Waals surface area contributed by atoms with Crippen molar-refractivity contribution in [2.24, 2.45) is 5.73 Å². The fraction of sp³-hybridized carbons (Fsp3) is 0.588. The molecule has 4 heteroatoms. The molecule has 0 radical (unpaired) electrons. The van der Waals surface area contributed by atoms with E-state index in [1.165, 1.54) is 18.4 Å². The number of benzene rings is 1. The first-order valence-electron chi connectivity index (χ1n) is 7.90. The lowest BCUT2D eigenvalue weighted by Crippen LogP contribution is -2.49. The van der Waals surface area contributed by atoms with Gasteiger partial charge in [-0.25, -0.2) is 0 Å². The van der Waals surface area contributed by atoms with Crippen LogP contribution in [0.4, 0.5) is 0 Å². The number of nitrogens with zero attached hydrogens (tertiary/aromatic N) is 1. The summed E-state index contributed by atoms with van der Waals surface area (Å²) in [5.74, 6) is -0.179. The van der Waals surface area contributed by atoms with E-state index in [1.807, 2.05) is 0 Å². The third kappa shape index (κ3) is 2.97. The zero-order chi connectivity index (χ0) is 14.9. The molecule has 4 nitrogen and oxygen atoms in total. The number of hydrogen-bond donors (Lipinski definition) is 2. The maximum atomic E-state index is 11.3. The molecule has 1 aliphatic carbocycles. The van der Waals surface area contributed by atoms with Crippen molar-refractivity contribution in [1.29, 1.82) is 0 Å². The second kappa shape index (κ2) is 5.78. The van der Waals surface area contributed by atoms with Gasteiger partial charge in [-0.2, -0.15) is 0 Å². The first-order valence-corrected chi connectivity index (χ1v) is 7.90. The first kappa shape index (κ1) is 14.5. The molecule has 1 heterocycles. The second-order valence-corrected chi connectivity index (χ2v) is 6.58. The van der Waals surface area contributed by atoms with Gasteiger partial charge in [-0.3, -0.25) is 4.79 Å². The third-order valence-electron chi connectivity index (χ3n) is 5.24. The summed E-state index contributed by atoms with van der Waals surface area (Å²) in [7, 11) is 0. The van der Waals surface area contributed by atoms with E-state index in [0.717, 1.165) is 19.5 Å². The van der Waals surface area contributed by atoms with Crippen molar-refractivity contribution < 1.29 is 9.90 Å². The van der Waals surface area contributed by atoms with E-state index in [9.17, 15) is 9.90 Å². The monoisotopic (exact) mass is 288 g/mol. The quantitative estimate of drug-likeness (QED) is 0.895. The maximum absolute atomic E-state index is 11.3. The van der Waals surface area contributed by atoms with E-state index in [4.69, 9.17) is 5.73 Å². The van der Waals surface area contributed by atoms with Crippen molar-refractivity contribution in [2.45, 2.75) is 49.6 Å². The summed E-state index contributed by atoms with van der Waals surface area (Å²) >= 11 is 0. The minimum Gasteiger partial charge on any atom is -0.480 e. The van der Waals surface area contributed by atoms with Crippen molar-refractivity contribution in [1.82, 2.24) is 4.90 Å². The SMILES string of the molecule is NC1(C(=O)O)CCCN(C2CC(c3ccccc3)C2)CC1. The van der Waals surface area contributed by atoms with Crippen LogP contribution in [0, 0.1) is 0 Å². The number of likely N-dealkylation sites (tertiary alicyclic amines) is 1. The highest BCUT2D eigenvalue weighted by atomic mass is 16.4. The lowest BCUT2D eigenvalue weighted by atomic mass is 9.75. The normalized spacial score (nSPS) is 34.0. The van der Waals surface area contributed by atoms with Crippen molar-refractivity contribution in [2.75, 3.05) is 13.1 Å². The van der Waals surface area contributed by atoms with Crippen LogP contribution in [0.3, 0.4) is 0 Å². The Morgan fingerprint density at radius 3 is 2.57 bits per heavy atom. The Bertz CT molecular complexity index is 499. The average Bonchev–Trinajstić information content (AvgIpc) is 2.62. The fourth-order valence-electron chi connectivity index (χ4n) is 3.64. The molecule has 3 N–H and O–H groups in total. The van der Waals surface area contributed by atoms with Crippen LogP contribution in [0.5, 0.6) is 0 Å². The van der Waals surface area contributed by atoms with Gasteiger partial charge in [0, 0.05) is 12.6 Å². The van der Waals surface area contributed by atoms with E-state index in [2.05, 4.69) is 35.2 Å². The summed E-state index contributed by atoms with van der Waals surface area (Å²) in [6, 6.07) is 11.3. The largest absolute Gasteiger partial charge is 0.480 e. The lowest BCUT2D eigenvalue weighted by molar-refractivity contribution is -0.143. The number of carboxylic acid groups (broad SMARTS) is 1. The highest BCUT2D eigenvalue weighted by molar-refractivity contribution is 5.78. The van der Waals surface area contributed by atoms with Crippen LogP contribution in [0.25, 0.3) is 0 Å². The van der Waals surface area contributed by atoms with Crippen LogP contribution in [0.15, 0.2) is 30.3 Å². The smallest absolute Gasteiger partial charge is 0.323 e. The Hall–Kier alpha value is -1.39. The minimum absolute atomic E-state index is 0.564. The molecule has 1 unspecified atom stereocenters. The Kier molecular flexibility index (Phi) is 4.00. The van der Waals surface area contributed by atoms with Crippen LogP contribution in [-0.4, -0.2) is 40.6 Å². The number of carbonyl (C=O) groups is 1. The first-order chi connectivity index (χ1) is 10.1. The summed E-state index contributed by atoms with van der Waals surface area (Å²) in [4.78, 5) is 13.7. The maximum Gasteiger partial charge on any atom is 0.323 e. The molecule has 1 atom stereocenters. The molecule has 0 amide bonds. The standard InChI is InChI=1S/C17H24N2O2/c18-17(16(20)21)7-4-9-19(10-8-17)15-11-14(12-15)13-5-2-1-3-6-13/h1-3,5-6,14-15H,4,7-12,18H2,(H,20,21). The van der Waals surface area contributed by atoms with Gasteiger partial charge in [-0.1, -0.05) is 30.3 Å². The van der Waals surface area contributed by atoms with Gasteiger partial charge < -0.3 is 15.7 Å². The Balaban J connectivity index is 1.55. The minimum atomic E-state index is -1.02. The molecule has 0 bridgehead atoms. The van der Waals surface area contributed by atoms with E-state index in [-0.39, 0.29) is 0 Å². The molecular formula is C17H24N2O2. The van der Waals surface area contributed by atoms with Gasteiger partial charge in [0.1, 0.15) is 5.54 Å². The van der Waals surface area contributed by atoms with E-state index in [1.54, 1.807) is 0 Å². The van der Waals surface area contributed by atoms with Gasteiger partial charge in [0.25, 0.3) is 0 Å². The molecule has 0 spiro atoms. The molecule has 21 heavy (non-hydrogen) atoms. The van der Waals surface area contributed by atoms with Crippen LogP contribution in [0.2, 0.25) is 0 Å². The zero-order valence-electron chi connectivity index (χ0n) is 12.4. The molecule has 1 aromatic rings. The Morgan fingerprint density at radius 1 is 1.19 bits per heavy atom. The van der Waals surface area contributed by atoms with E-state index < -0.39 is 11.5 Å². The van der Waals surface area contributed by atoms with Gasteiger partial charge >= 0.3 is 5.97 Å². The molecule has 1 saturated heterocycles. The summed E-state index contributed by atoms with van der Waals surface area (Å²) in [5.41, 5.74) is 6.43. The Morgan fingerprint density at radius 2 is 1.90 bits per heavy atom. The summed E-state index contributed by atoms with van der Waals surface area (Å²) < 4.78 is 0. The molecule has 0 aromatic heterocycles. The van der Waals surface area contributed by atoms with Crippen LogP contribution >= 0.6 is 0 Å². The Labute approximate surface area is 125 Å². The summed E-state index contributed by atoms with van der Waals surface area (Å²) in [6.45, 7) is 1.80. The fourth-order valence-corrected chi connectivity index (χ4v) is 3.64. The van der Waals surface area contributed by atoms with Crippen molar-refractivity contribution >= 4 is 5.97 Å². The van der Waals surface area contributed by atoms with Gasteiger partial charge in [-0.15, -0.1) is 0 Å². The number of nitrogens with two attached hydrogens (primary N) is 1. The lowest BCUT2D eigenvalue weighted by Gasteiger charge is -2.43. The summed E-state index contributed by atoms with van der Waals surface area (Å²) in [6.07, 6.45) is 4.42. The van der Waals surface area contributed by atoms with Gasteiger partial charge in [0.2, 0.25) is 0 Å². The average molecular weight is 288 g/mol. The van der Waals surface area contributed by atoms with Crippen molar-refractivity contribution in [3.8, 4) is 0 Å². The molecule has 3 rings (SSSR count). The highest BCUT2D eigenvalue weighted by Crippen LogP contribution is 2.40. The van der Waals surface area contributed by atoms with Crippen LogP contribution in [0.1, 0.15) is 43.6 Å². The van der Waals surface area contributed by atoms with Gasteiger partial charge in [0.15, 0.2) is 0 Å². The van der Waals surface area contributed by atoms with Crippen molar-refractivity contribution in [3.63, 3.8) is 0 Å². The van der Waals surface area contributed by atoms with E-state index in [0.29, 0.717) is 24.8 Å². The number of aliphatic carboxylic acids is 1. The highest BCUT2D eigenvalue weighted by Gasteiger charge is 2.40. The topological polar surface area (TPSA) is 66.6 Å². The molecule has 1 aromatic carbocycles. The molecule has 2 aliphatic rings. The molecule has 1 aliphatic heterocycles. The van der Waals surface area contributed by atoms with Gasteiger partial charge in [0.05, 0.1) is 0 Å².